The van der Waals surface area contributed by atoms with E-state index in [0.717, 1.165) is 5.56 Å². The maximum Gasteiger partial charge on any atom is 0.356 e. The van der Waals surface area contributed by atoms with Crippen molar-refractivity contribution in [3.8, 4) is 17.2 Å². The highest BCUT2D eigenvalue weighted by atomic mass is 16.6. The molecule has 0 amide bonds. The van der Waals surface area contributed by atoms with E-state index >= 15 is 0 Å². The molecule has 1 aliphatic heterocycles. The van der Waals surface area contributed by atoms with Crippen molar-refractivity contribution in [3.63, 3.8) is 0 Å². The highest BCUT2D eigenvalue weighted by molar-refractivity contribution is 5.79. The molecule has 0 radical (unpaired) electrons. The van der Waals surface area contributed by atoms with Crippen molar-refractivity contribution in [3.05, 3.63) is 58.1 Å². The predicted molar refractivity (Wildman–Crippen MR) is 79.8 cm³/mol. The number of fused-ring (bicyclic) bond motifs is 1. The fourth-order valence-electron chi connectivity index (χ4n) is 2.16. The van der Waals surface area contributed by atoms with Gasteiger partial charge in [0, 0.05) is 6.07 Å². The van der Waals surface area contributed by atoms with Crippen LogP contribution in [0.25, 0.3) is 0 Å². The zero-order valence-corrected chi connectivity index (χ0v) is 12.2. The fraction of sp³-hybridized carbons (Fsp3) is 0.188. The van der Waals surface area contributed by atoms with E-state index in [1.54, 1.807) is 37.3 Å². The van der Waals surface area contributed by atoms with E-state index in [1.807, 2.05) is 0 Å². The van der Waals surface area contributed by atoms with Crippen molar-refractivity contribution in [2.75, 3.05) is 6.61 Å². The third kappa shape index (κ3) is 3.08. The number of hydrogen-bond acceptors (Lipinski definition) is 6. The normalized spacial score (nSPS) is 15.8. The number of rotatable bonds is 3. The van der Waals surface area contributed by atoms with Gasteiger partial charge in [0.05, 0.1) is 4.92 Å². The van der Waals surface area contributed by atoms with Crippen molar-refractivity contribution in [2.45, 2.75) is 13.0 Å². The quantitative estimate of drug-likeness (QED) is 0.374. The number of carbonyl (C=O) groups is 1. The molecular weight excluding hydrogens is 302 g/mol. The van der Waals surface area contributed by atoms with Crippen LogP contribution in [0.3, 0.4) is 0 Å². The molecule has 1 aliphatic rings. The molecule has 0 saturated carbocycles. The second-order valence-corrected chi connectivity index (χ2v) is 5.01. The van der Waals surface area contributed by atoms with E-state index < -0.39 is 17.0 Å². The molecule has 0 fully saturated rings. The van der Waals surface area contributed by atoms with Gasteiger partial charge in [-0.15, -0.1) is 0 Å². The molecule has 0 unspecified atom stereocenters. The molecule has 0 aromatic heterocycles. The first-order valence-electron chi connectivity index (χ1n) is 6.90. The molecule has 7 heteroatoms. The molecule has 7 nitrogen and oxygen atoms in total. The van der Waals surface area contributed by atoms with Gasteiger partial charge in [-0.3, -0.25) is 10.1 Å². The summed E-state index contributed by atoms with van der Waals surface area (Å²) in [5, 5.41) is 11.0. The summed E-state index contributed by atoms with van der Waals surface area (Å²) in [7, 11) is 0. The molecule has 1 atom stereocenters. The van der Waals surface area contributed by atoms with Gasteiger partial charge < -0.3 is 14.2 Å². The number of aryl methyl sites for hydroxylation is 1. The number of nitrogens with zero attached hydrogens (tertiary/aromatic N) is 1. The molecule has 1 heterocycles. The topological polar surface area (TPSA) is 87.9 Å². The van der Waals surface area contributed by atoms with Gasteiger partial charge in [-0.05, 0) is 30.7 Å². The van der Waals surface area contributed by atoms with Crippen LogP contribution in [0, 0.1) is 17.0 Å². The van der Waals surface area contributed by atoms with Crippen LogP contribution < -0.4 is 14.2 Å². The van der Waals surface area contributed by atoms with Gasteiger partial charge in [0.15, 0.2) is 11.5 Å². The van der Waals surface area contributed by atoms with Gasteiger partial charge >= 0.3 is 11.7 Å². The summed E-state index contributed by atoms with van der Waals surface area (Å²) in [5.41, 5.74) is 0.464. The lowest BCUT2D eigenvalue weighted by Crippen LogP contribution is -2.39. The lowest BCUT2D eigenvalue weighted by molar-refractivity contribution is -0.385. The SMILES string of the molecule is Cc1ccc([N+](=O)[O-])c(OC(=O)[C@H]2COc3ccccc3O2)c1. The monoisotopic (exact) mass is 315 g/mol. The maximum atomic E-state index is 12.2. The standard InChI is InChI=1S/C16H13NO6/c1-10-6-7-11(17(19)20)14(8-10)23-16(18)15-9-21-12-4-2-3-5-13(12)22-15/h2-8,15H,9H2,1H3/t15-/m1/s1. The number of nitro groups is 1. The van der Waals surface area contributed by atoms with E-state index in [2.05, 4.69) is 0 Å². The summed E-state index contributed by atoms with van der Waals surface area (Å²) in [6, 6.07) is 11.2. The fourth-order valence-corrected chi connectivity index (χ4v) is 2.16. The van der Waals surface area contributed by atoms with Crippen molar-refractivity contribution in [1.82, 2.24) is 0 Å². The number of nitro benzene ring substituents is 1. The van der Waals surface area contributed by atoms with Crippen LogP contribution in [0.4, 0.5) is 5.69 Å². The lowest BCUT2D eigenvalue weighted by atomic mass is 10.2. The Morgan fingerprint density at radius 1 is 1.26 bits per heavy atom. The minimum absolute atomic E-state index is 0.0184. The Morgan fingerprint density at radius 3 is 2.74 bits per heavy atom. The second-order valence-electron chi connectivity index (χ2n) is 5.01. The van der Waals surface area contributed by atoms with E-state index in [4.69, 9.17) is 14.2 Å². The first-order valence-corrected chi connectivity index (χ1v) is 6.90. The predicted octanol–water partition coefficient (Wildman–Crippen LogP) is 2.65. The summed E-state index contributed by atoms with van der Waals surface area (Å²) < 4.78 is 16.1. The number of hydrogen-bond donors (Lipinski definition) is 0. The zero-order valence-electron chi connectivity index (χ0n) is 12.2. The summed E-state index contributed by atoms with van der Waals surface area (Å²) >= 11 is 0. The molecule has 0 aliphatic carbocycles. The Balaban J connectivity index is 1.78. The number of para-hydroxylation sites is 2. The number of ether oxygens (including phenoxy) is 3. The largest absolute Gasteiger partial charge is 0.485 e. The van der Waals surface area contributed by atoms with E-state index in [0.29, 0.717) is 11.5 Å². The second kappa shape index (κ2) is 5.96. The number of benzene rings is 2. The molecule has 0 saturated heterocycles. The number of esters is 1. The molecule has 0 N–H and O–H groups in total. The molecular formula is C16H13NO6. The number of carbonyl (C=O) groups excluding carboxylic acids is 1. The average Bonchev–Trinajstić information content (AvgIpc) is 2.54. The van der Waals surface area contributed by atoms with Gasteiger partial charge in [0.25, 0.3) is 0 Å². The van der Waals surface area contributed by atoms with Gasteiger partial charge in [0.1, 0.15) is 6.61 Å². The first-order chi connectivity index (χ1) is 11.0. The van der Waals surface area contributed by atoms with Crippen molar-refractivity contribution in [2.24, 2.45) is 0 Å². The molecule has 118 valence electrons. The van der Waals surface area contributed by atoms with Crippen LogP contribution in [-0.4, -0.2) is 23.6 Å². The van der Waals surface area contributed by atoms with Crippen LogP contribution in [-0.2, 0) is 4.79 Å². The summed E-state index contributed by atoms with van der Waals surface area (Å²) in [6.07, 6.45) is -0.981. The average molecular weight is 315 g/mol. The van der Waals surface area contributed by atoms with E-state index in [9.17, 15) is 14.9 Å². The summed E-state index contributed by atoms with van der Waals surface area (Å²) in [4.78, 5) is 22.6. The van der Waals surface area contributed by atoms with Gasteiger partial charge in [-0.1, -0.05) is 18.2 Å². The molecule has 2 aromatic carbocycles. The third-order valence-electron chi connectivity index (χ3n) is 3.29. The first kappa shape index (κ1) is 14.8. The molecule has 2 aromatic rings. The lowest BCUT2D eigenvalue weighted by Gasteiger charge is -2.24. The highest BCUT2D eigenvalue weighted by Gasteiger charge is 2.30. The van der Waals surface area contributed by atoms with Crippen molar-refractivity contribution >= 4 is 11.7 Å². The molecule has 23 heavy (non-hydrogen) atoms. The van der Waals surface area contributed by atoms with E-state index in [-0.39, 0.29) is 18.0 Å². The Kier molecular flexibility index (Phi) is 3.84. The van der Waals surface area contributed by atoms with Crippen LogP contribution in [0.2, 0.25) is 0 Å². The van der Waals surface area contributed by atoms with Crippen LogP contribution in [0.15, 0.2) is 42.5 Å². The van der Waals surface area contributed by atoms with Gasteiger partial charge in [-0.2, -0.15) is 0 Å². The van der Waals surface area contributed by atoms with Gasteiger partial charge in [-0.25, -0.2) is 4.79 Å². The third-order valence-corrected chi connectivity index (χ3v) is 3.29. The van der Waals surface area contributed by atoms with Gasteiger partial charge in [0.2, 0.25) is 11.9 Å². The Hall–Kier alpha value is -3.09. The van der Waals surface area contributed by atoms with Crippen molar-refractivity contribution in [1.29, 1.82) is 0 Å². The molecule has 3 rings (SSSR count). The van der Waals surface area contributed by atoms with Crippen LogP contribution in [0.5, 0.6) is 17.2 Å². The Morgan fingerprint density at radius 2 is 2.00 bits per heavy atom. The van der Waals surface area contributed by atoms with E-state index in [1.165, 1.54) is 12.1 Å². The minimum Gasteiger partial charge on any atom is -0.485 e. The van der Waals surface area contributed by atoms with Crippen molar-refractivity contribution < 1.29 is 23.9 Å². The van der Waals surface area contributed by atoms with Crippen LogP contribution in [0.1, 0.15) is 5.56 Å². The highest BCUT2D eigenvalue weighted by Crippen LogP contribution is 2.32. The van der Waals surface area contributed by atoms with Crippen LogP contribution >= 0.6 is 0 Å². The Labute approximate surface area is 131 Å². The molecule has 0 bridgehead atoms. The zero-order chi connectivity index (χ0) is 16.4. The molecule has 0 spiro atoms. The minimum atomic E-state index is -0.981. The Bertz CT molecular complexity index is 773. The summed E-state index contributed by atoms with van der Waals surface area (Å²) in [6.45, 7) is 1.73. The summed E-state index contributed by atoms with van der Waals surface area (Å²) in [5.74, 6) is 0.119. The smallest absolute Gasteiger partial charge is 0.356 e. The maximum absolute atomic E-state index is 12.2.